The van der Waals surface area contributed by atoms with Gasteiger partial charge in [0.05, 0.1) is 7.11 Å². The molecule has 0 spiro atoms. The van der Waals surface area contributed by atoms with Crippen LogP contribution < -0.4 is 0 Å². The third-order valence-corrected chi connectivity index (χ3v) is 4.11. The van der Waals surface area contributed by atoms with Gasteiger partial charge in [0.25, 0.3) is 0 Å². The highest BCUT2D eigenvalue weighted by atomic mass is 32.1. The lowest BCUT2D eigenvalue weighted by molar-refractivity contribution is 0.0606. The van der Waals surface area contributed by atoms with E-state index in [1.165, 1.54) is 24.0 Å². The van der Waals surface area contributed by atoms with Crippen LogP contribution in [0.2, 0.25) is 0 Å². The van der Waals surface area contributed by atoms with E-state index in [4.69, 9.17) is 4.74 Å². The fourth-order valence-electron chi connectivity index (χ4n) is 2.05. The van der Waals surface area contributed by atoms with E-state index in [2.05, 4.69) is 30.3 Å². The molecule has 3 aromatic rings. The van der Waals surface area contributed by atoms with E-state index in [1.807, 2.05) is 24.3 Å². The summed E-state index contributed by atoms with van der Waals surface area (Å²) in [5, 5.41) is 1.08. The molecule has 0 amide bonds. The van der Waals surface area contributed by atoms with Crippen molar-refractivity contribution in [1.82, 2.24) is 0 Å². The Morgan fingerprint density at radius 3 is 2.53 bits per heavy atom. The lowest BCUT2D eigenvalue weighted by Crippen LogP contribution is -1.96. The molecule has 0 atom stereocenters. The Kier molecular flexibility index (Phi) is 3.05. The number of methoxy groups -OCH3 is 1. The zero-order valence-corrected chi connectivity index (χ0v) is 11.2. The Morgan fingerprint density at radius 2 is 1.79 bits per heavy atom. The fraction of sp³-hybridized carbons (Fsp3) is 0.0625. The van der Waals surface area contributed by atoms with Crippen LogP contribution in [0.1, 0.15) is 9.67 Å². The number of ether oxygens (including phenoxy) is 1. The van der Waals surface area contributed by atoms with E-state index in [1.54, 1.807) is 0 Å². The second-order valence-electron chi connectivity index (χ2n) is 4.22. The third-order valence-electron chi connectivity index (χ3n) is 3.01. The first kappa shape index (κ1) is 11.9. The van der Waals surface area contributed by atoms with Gasteiger partial charge in [0.2, 0.25) is 0 Å². The number of benzene rings is 2. The van der Waals surface area contributed by atoms with Crippen molar-refractivity contribution in [3.63, 3.8) is 0 Å². The normalized spacial score (nSPS) is 10.6. The van der Waals surface area contributed by atoms with Gasteiger partial charge in [0.15, 0.2) is 0 Å². The number of fused-ring (bicyclic) bond motifs is 1. The summed E-state index contributed by atoms with van der Waals surface area (Å²) < 4.78 is 5.85. The van der Waals surface area contributed by atoms with Gasteiger partial charge in [-0.1, -0.05) is 36.4 Å². The van der Waals surface area contributed by atoms with Gasteiger partial charge in [-0.3, -0.25) is 0 Å². The maximum atomic E-state index is 11.5. The molecule has 0 aliphatic rings. The molecule has 0 aliphatic heterocycles. The number of esters is 1. The Balaban J connectivity index is 2.09. The maximum Gasteiger partial charge on any atom is 0.348 e. The molecule has 0 aliphatic carbocycles. The maximum absolute atomic E-state index is 11.5. The van der Waals surface area contributed by atoms with Gasteiger partial charge < -0.3 is 4.74 Å². The van der Waals surface area contributed by atoms with Crippen molar-refractivity contribution in [3.8, 4) is 11.1 Å². The number of carbonyl (C=O) groups excluding carboxylic acids is 1. The van der Waals surface area contributed by atoms with Gasteiger partial charge in [0, 0.05) is 4.70 Å². The summed E-state index contributed by atoms with van der Waals surface area (Å²) in [5.74, 6) is -0.275. The minimum absolute atomic E-state index is 0.275. The van der Waals surface area contributed by atoms with Crippen LogP contribution in [-0.4, -0.2) is 13.1 Å². The number of hydrogen-bond donors (Lipinski definition) is 0. The monoisotopic (exact) mass is 268 g/mol. The lowest BCUT2D eigenvalue weighted by atomic mass is 10.0. The smallest absolute Gasteiger partial charge is 0.348 e. The second kappa shape index (κ2) is 4.86. The summed E-state index contributed by atoms with van der Waals surface area (Å²) in [7, 11) is 1.40. The SMILES string of the molecule is COC(=O)c1cc2cc(-c3ccccc3)ccc2s1. The highest BCUT2D eigenvalue weighted by Gasteiger charge is 2.10. The zero-order valence-electron chi connectivity index (χ0n) is 10.4. The molecule has 0 N–H and O–H groups in total. The van der Waals surface area contributed by atoms with E-state index in [9.17, 15) is 4.79 Å². The Hall–Kier alpha value is -2.13. The van der Waals surface area contributed by atoms with Gasteiger partial charge in [-0.05, 0) is 34.7 Å². The zero-order chi connectivity index (χ0) is 13.2. The van der Waals surface area contributed by atoms with Crippen molar-refractivity contribution in [1.29, 1.82) is 0 Å². The summed E-state index contributed by atoms with van der Waals surface area (Å²) in [4.78, 5) is 12.2. The molecule has 19 heavy (non-hydrogen) atoms. The Labute approximate surface area is 115 Å². The summed E-state index contributed by atoms with van der Waals surface area (Å²) in [6.45, 7) is 0. The molecule has 1 aromatic heterocycles. The number of thiophene rings is 1. The van der Waals surface area contributed by atoms with Crippen LogP contribution in [0.5, 0.6) is 0 Å². The minimum atomic E-state index is -0.275. The highest BCUT2D eigenvalue weighted by molar-refractivity contribution is 7.20. The van der Waals surface area contributed by atoms with Crippen molar-refractivity contribution < 1.29 is 9.53 Å². The van der Waals surface area contributed by atoms with Crippen LogP contribution in [0.3, 0.4) is 0 Å². The van der Waals surface area contributed by atoms with Crippen molar-refractivity contribution in [2.75, 3.05) is 7.11 Å². The summed E-state index contributed by atoms with van der Waals surface area (Å²) in [6, 6.07) is 18.3. The average Bonchev–Trinajstić information content (AvgIpc) is 2.90. The van der Waals surface area contributed by atoms with Gasteiger partial charge in [0.1, 0.15) is 4.88 Å². The van der Waals surface area contributed by atoms with E-state index >= 15 is 0 Å². The largest absolute Gasteiger partial charge is 0.465 e. The van der Waals surface area contributed by atoms with E-state index in [-0.39, 0.29) is 5.97 Å². The van der Waals surface area contributed by atoms with Crippen LogP contribution in [0.25, 0.3) is 21.2 Å². The first-order valence-electron chi connectivity index (χ1n) is 5.95. The minimum Gasteiger partial charge on any atom is -0.465 e. The molecule has 1 heterocycles. The Morgan fingerprint density at radius 1 is 1.00 bits per heavy atom. The summed E-state index contributed by atoms with van der Waals surface area (Å²) in [6.07, 6.45) is 0. The van der Waals surface area contributed by atoms with Crippen molar-refractivity contribution >= 4 is 27.4 Å². The van der Waals surface area contributed by atoms with Crippen LogP contribution in [0, 0.1) is 0 Å². The second-order valence-corrected chi connectivity index (χ2v) is 5.30. The fourth-order valence-corrected chi connectivity index (χ4v) is 3.02. The summed E-state index contributed by atoms with van der Waals surface area (Å²) >= 11 is 1.46. The Bertz CT molecular complexity index is 729. The molecule has 0 saturated carbocycles. The van der Waals surface area contributed by atoms with Crippen molar-refractivity contribution in [2.24, 2.45) is 0 Å². The van der Waals surface area contributed by atoms with Crippen LogP contribution >= 0.6 is 11.3 Å². The van der Waals surface area contributed by atoms with Gasteiger partial charge in [-0.25, -0.2) is 4.79 Å². The molecule has 3 rings (SSSR count). The van der Waals surface area contributed by atoms with Crippen molar-refractivity contribution in [2.45, 2.75) is 0 Å². The molecule has 0 radical (unpaired) electrons. The topological polar surface area (TPSA) is 26.3 Å². The van der Waals surface area contributed by atoms with E-state index in [0.717, 1.165) is 15.6 Å². The molecule has 0 saturated heterocycles. The number of hydrogen-bond acceptors (Lipinski definition) is 3. The van der Waals surface area contributed by atoms with Crippen LogP contribution in [0.4, 0.5) is 0 Å². The molecule has 94 valence electrons. The molecule has 2 aromatic carbocycles. The predicted molar refractivity (Wildman–Crippen MR) is 78.6 cm³/mol. The van der Waals surface area contributed by atoms with Crippen LogP contribution in [-0.2, 0) is 4.74 Å². The molecule has 3 heteroatoms. The first-order chi connectivity index (χ1) is 9.28. The first-order valence-corrected chi connectivity index (χ1v) is 6.77. The third kappa shape index (κ3) is 2.25. The van der Waals surface area contributed by atoms with Crippen molar-refractivity contribution in [3.05, 3.63) is 59.5 Å². The molecule has 0 fully saturated rings. The average molecular weight is 268 g/mol. The molecule has 2 nitrogen and oxygen atoms in total. The quantitative estimate of drug-likeness (QED) is 0.646. The lowest BCUT2D eigenvalue weighted by Gasteiger charge is -2.00. The number of rotatable bonds is 2. The molecular weight excluding hydrogens is 256 g/mol. The number of carbonyl (C=O) groups is 1. The predicted octanol–water partition coefficient (Wildman–Crippen LogP) is 4.35. The van der Waals surface area contributed by atoms with Gasteiger partial charge in [-0.15, -0.1) is 11.3 Å². The van der Waals surface area contributed by atoms with Gasteiger partial charge >= 0.3 is 5.97 Å². The van der Waals surface area contributed by atoms with Gasteiger partial charge in [-0.2, -0.15) is 0 Å². The van der Waals surface area contributed by atoms with E-state index < -0.39 is 0 Å². The summed E-state index contributed by atoms with van der Waals surface area (Å²) in [5.41, 5.74) is 2.33. The molecule has 0 bridgehead atoms. The standard InChI is InChI=1S/C16H12O2S/c1-18-16(17)15-10-13-9-12(7-8-14(13)19-15)11-5-3-2-4-6-11/h2-10H,1H3. The molecule has 0 unspecified atom stereocenters. The highest BCUT2D eigenvalue weighted by Crippen LogP contribution is 2.30. The van der Waals surface area contributed by atoms with E-state index in [0.29, 0.717) is 4.88 Å². The van der Waals surface area contributed by atoms with Crippen LogP contribution in [0.15, 0.2) is 54.6 Å². The molecular formula is C16H12O2S.